The predicted octanol–water partition coefficient (Wildman–Crippen LogP) is 3.97. The first-order chi connectivity index (χ1) is 9.45. The Balaban J connectivity index is 2.47. The van der Waals surface area contributed by atoms with Crippen molar-refractivity contribution >= 4 is 31.6 Å². The van der Waals surface area contributed by atoms with Crippen LogP contribution in [0, 0.1) is 6.92 Å². The van der Waals surface area contributed by atoms with E-state index in [1.165, 1.54) is 4.31 Å². The summed E-state index contributed by atoms with van der Waals surface area (Å²) in [6, 6.07) is 14.2. The van der Waals surface area contributed by atoms with Crippen LogP contribution in [0.15, 0.2) is 57.9 Å². The van der Waals surface area contributed by atoms with Crippen molar-refractivity contribution in [3.63, 3.8) is 0 Å². The highest BCUT2D eigenvalue weighted by Gasteiger charge is 2.23. The van der Waals surface area contributed by atoms with Gasteiger partial charge in [0.25, 0.3) is 10.0 Å². The Hall–Kier alpha value is -1.33. The Kier molecular flexibility index (Phi) is 4.50. The molecule has 0 heterocycles. The third-order valence-corrected chi connectivity index (χ3v) is 5.39. The number of hydrogen-bond donors (Lipinski definition) is 0. The summed E-state index contributed by atoms with van der Waals surface area (Å²) in [4.78, 5) is 0.286. The molecule has 3 nitrogen and oxygen atoms in total. The number of benzene rings is 2. The molecule has 0 bridgehead atoms. The molecule has 0 saturated heterocycles. The molecule has 0 spiro atoms. The molecule has 2 aromatic carbocycles. The van der Waals surface area contributed by atoms with Gasteiger partial charge in [-0.1, -0.05) is 39.7 Å². The molecular formula is C15H16BrNO2S. The molecule has 0 aliphatic rings. The summed E-state index contributed by atoms with van der Waals surface area (Å²) in [5.74, 6) is 0. The van der Waals surface area contributed by atoms with Crippen molar-refractivity contribution in [3.8, 4) is 0 Å². The zero-order chi connectivity index (χ0) is 14.8. The first kappa shape index (κ1) is 15.1. The van der Waals surface area contributed by atoms with Gasteiger partial charge in [0, 0.05) is 11.0 Å². The van der Waals surface area contributed by atoms with Crippen LogP contribution in [0.3, 0.4) is 0 Å². The molecule has 20 heavy (non-hydrogen) atoms. The lowest BCUT2D eigenvalue weighted by Gasteiger charge is -2.23. The molecule has 2 aromatic rings. The highest BCUT2D eigenvalue weighted by molar-refractivity contribution is 9.10. The van der Waals surface area contributed by atoms with E-state index >= 15 is 0 Å². The van der Waals surface area contributed by atoms with Crippen molar-refractivity contribution in [1.82, 2.24) is 0 Å². The third kappa shape index (κ3) is 3.04. The first-order valence-electron chi connectivity index (χ1n) is 6.30. The smallest absolute Gasteiger partial charge is 0.264 e. The van der Waals surface area contributed by atoms with Crippen LogP contribution < -0.4 is 4.31 Å². The van der Waals surface area contributed by atoms with Crippen LogP contribution in [0.25, 0.3) is 0 Å². The maximum Gasteiger partial charge on any atom is 0.264 e. The molecule has 0 N–H and O–H groups in total. The van der Waals surface area contributed by atoms with Gasteiger partial charge < -0.3 is 0 Å². The number of aryl methyl sites for hydroxylation is 1. The SMILES string of the molecule is CCN(c1ccc(C)cc1)S(=O)(=O)c1cccc(Br)c1. The predicted molar refractivity (Wildman–Crippen MR) is 85.5 cm³/mol. The summed E-state index contributed by atoms with van der Waals surface area (Å²) in [7, 11) is -3.54. The van der Waals surface area contributed by atoms with Gasteiger partial charge in [0.15, 0.2) is 0 Å². The van der Waals surface area contributed by atoms with Crippen molar-refractivity contribution in [3.05, 3.63) is 58.6 Å². The second kappa shape index (κ2) is 5.97. The Morgan fingerprint density at radius 2 is 1.75 bits per heavy atom. The maximum absolute atomic E-state index is 12.7. The summed E-state index contributed by atoms with van der Waals surface area (Å²) >= 11 is 3.31. The Morgan fingerprint density at radius 1 is 1.10 bits per heavy atom. The molecule has 0 atom stereocenters. The van der Waals surface area contributed by atoms with E-state index in [9.17, 15) is 8.42 Å². The van der Waals surface area contributed by atoms with Crippen LogP contribution in [-0.4, -0.2) is 15.0 Å². The highest BCUT2D eigenvalue weighted by atomic mass is 79.9. The lowest BCUT2D eigenvalue weighted by molar-refractivity contribution is 0.592. The molecule has 0 radical (unpaired) electrons. The zero-order valence-corrected chi connectivity index (χ0v) is 13.8. The summed E-state index contributed by atoms with van der Waals surface area (Å²) in [6.07, 6.45) is 0. The van der Waals surface area contributed by atoms with Crippen LogP contribution in [0.4, 0.5) is 5.69 Å². The van der Waals surface area contributed by atoms with Crippen LogP contribution in [0.1, 0.15) is 12.5 Å². The summed E-state index contributed by atoms with van der Waals surface area (Å²) in [6.45, 7) is 4.19. The molecule has 0 amide bonds. The van der Waals surface area contributed by atoms with Crippen LogP contribution in [0.5, 0.6) is 0 Å². The fraction of sp³-hybridized carbons (Fsp3) is 0.200. The molecule has 0 saturated carbocycles. The first-order valence-corrected chi connectivity index (χ1v) is 8.53. The van der Waals surface area contributed by atoms with Crippen molar-refractivity contribution in [2.75, 3.05) is 10.8 Å². The molecule has 2 rings (SSSR count). The maximum atomic E-state index is 12.7. The van der Waals surface area contributed by atoms with Crippen LogP contribution in [-0.2, 0) is 10.0 Å². The standard InChI is InChI=1S/C15H16BrNO2S/c1-3-17(14-9-7-12(2)8-10-14)20(18,19)15-6-4-5-13(16)11-15/h4-11H,3H2,1-2H3. The molecule has 0 aliphatic heterocycles. The van der Waals surface area contributed by atoms with Gasteiger partial charge in [-0.25, -0.2) is 8.42 Å². The van der Waals surface area contributed by atoms with Gasteiger partial charge >= 0.3 is 0 Å². The van der Waals surface area contributed by atoms with E-state index in [0.717, 1.165) is 10.0 Å². The summed E-state index contributed by atoms with van der Waals surface area (Å²) in [5, 5.41) is 0. The van der Waals surface area contributed by atoms with Crippen LogP contribution in [0.2, 0.25) is 0 Å². The number of halogens is 1. The number of anilines is 1. The van der Waals surface area contributed by atoms with Gasteiger partial charge in [-0.05, 0) is 44.2 Å². The fourth-order valence-electron chi connectivity index (χ4n) is 1.96. The number of sulfonamides is 1. The minimum absolute atomic E-state index is 0.286. The van der Waals surface area contributed by atoms with Crippen molar-refractivity contribution in [2.45, 2.75) is 18.7 Å². The van der Waals surface area contributed by atoms with Gasteiger partial charge in [0.1, 0.15) is 0 Å². The minimum Gasteiger partial charge on any atom is -0.267 e. The molecule has 0 aliphatic carbocycles. The zero-order valence-electron chi connectivity index (χ0n) is 11.4. The number of hydrogen-bond acceptors (Lipinski definition) is 2. The van der Waals surface area contributed by atoms with Gasteiger partial charge in [-0.2, -0.15) is 0 Å². The average molecular weight is 354 g/mol. The van der Waals surface area contributed by atoms with E-state index in [0.29, 0.717) is 12.2 Å². The number of rotatable bonds is 4. The largest absolute Gasteiger partial charge is 0.267 e. The molecule has 5 heteroatoms. The lowest BCUT2D eigenvalue weighted by atomic mass is 10.2. The molecule has 0 unspecified atom stereocenters. The monoisotopic (exact) mass is 353 g/mol. The van der Waals surface area contributed by atoms with Gasteiger partial charge in [0.2, 0.25) is 0 Å². The van der Waals surface area contributed by atoms with E-state index in [2.05, 4.69) is 15.9 Å². The second-order valence-corrected chi connectivity index (χ2v) is 7.24. The summed E-state index contributed by atoms with van der Waals surface area (Å²) in [5.41, 5.74) is 1.78. The van der Waals surface area contributed by atoms with Gasteiger partial charge in [0.05, 0.1) is 10.6 Å². The quantitative estimate of drug-likeness (QED) is 0.833. The van der Waals surface area contributed by atoms with E-state index < -0.39 is 10.0 Å². The molecule has 106 valence electrons. The Labute approximate surface area is 128 Å². The van der Waals surface area contributed by atoms with Crippen molar-refractivity contribution in [2.24, 2.45) is 0 Å². The van der Waals surface area contributed by atoms with Gasteiger partial charge in [-0.15, -0.1) is 0 Å². The van der Waals surface area contributed by atoms with E-state index in [-0.39, 0.29) is 4.90 Å². The molecule has 0 fully saturated rings. The fourth-order valence-corrected chi connectivity index (χ4v) is 4.03. The molecular weight excluding hydrogens is 338 g/mol. The lowest BCUT2D eigenvalue weighted by Crippen LogP contribution is -2.30. The van der Waals surface area contributed by atoms with E-state index in [1.54, 1.807) is 24.3 Å². The minimum atomic E-state index is -3.54. The van der Waals surface area contributed by atoms with Crippen molar-refractivity contribution < 1.29 is 8.42 Å². The normalized spacial score (nSPS) is 11.3. The Bertz CT molecular complexity index is 696. The van der Waals surface area contributed by atoms with Crippen LogP contribution >= 0.6 is 15.9 Å². The van der Waals surface area contributed by atoms with E-state index in [4.69, 9.17) is 0 Å². The third-order valence-electron chi connectivity index (χ3n) is 2.99. The Morgan fingerprint density at radius 3 is 2.30 bits per heavy atom. The molecule has 0 aromatic heterocycles. The van der Waals surface area contributed by atoms with Crippen molar-refractivity contribution in [1.29, 1.82) is 0 Å². The average Bonchev–Trinajstić information content (AvgIpc) is 2.41. The summed E-state index contributed by atoms with van der Waals surface area (Å²) < 4.78 is 27.6. The highest BCUT2D eigenvalue weighted by Crippen LogP contribution is 2.25. The second-order valence-electron chi connectivity index (χ2n) is 4.46. The number of nitrogens with zero attached hydrogens (tertiary/aromatic N) is 1. The van der Waals surface area contributed by atoms with Gasteiger partial charge in [-0.3, -0.25) is 4.31 Å². The van der Waals surface area contributed by atoms with E-state index in [1.807, 2.05) is 38.1 Å². The topological polar surface area (TPSA) is 37.4 Å².